The monoisotopic (exact) mass is 286 g/mol. The van der Waals surface area contributed by atoms with Gasteiger partial charge in [-0.15, -0.1) is 0 Å². The molecule has 5 nitrogen and oxygen atoms in total. The van der Waals surface area contributed by atoms with E-state index in [1.807, 2.05) is 0 Å². The number of aliphatic hydroxyl groups is 1. The van der Waals surface area contributed by atoms with E-state index in [0.29, 0.717) is 18.8 Å². The van der Waals surface area contributed by atoms with E-state index in [1.54, 1.807) is 30.1 Å². The highest BCUT2D eigenvalue weighted by Crippen LogP contribution is 2.32. The van der Waals surface area contributed by atoms with Crippen LogP contribution in [0.2, 0.25) is 0 Å². The van der Waals surface area contributed by atoms with Crippen molar-refractivity contribution in [3.8, 4) is 0 Å². The number of nitrogens with one attached hydrogen (secondary N) is 1. The molecule has 1 aliphatic rings. The lowest BCUT2D eigenvalue weighted by Gasteiger charge is -2.38. The van der Waals surface area contributed by atoms with Crippen LogP contribution in [0.4, 0.5) is 0 Å². The minimum atomic E-state index is -3.56. The average molecular weight is 286 g/mol. The summed E-state index contributed by atoms with van der Waals surface area (Å²) in [5.74, 6) is 0.598. The molecule has 1 fully saturated rings. The molecule has 1 aromatic heterocycles. The van der Waals surface area contributed by atoms with Gasteiger partial charge in [0.15, 0.2) is 0 Å². The first kappa shape index (κ1) is 14.6. The molecule has 19 heavy (non-hydrogen) atoms. The van der Waals surface area contributed by atoms with Gasteiger partial charge in [0.1, 0.15) is 0 Å². The minimum absolute atomic E-state index is 0.147. The van der Waals surface area contributed by atoms with E-state index in [1.165, 1.54) is 0 Å². The molecule has 1 saturated carbocycles. The fraction of sp³-hybridized carbons (Fsp3) is 0.692. The SMILES string of the molecule is CC1CCC(CO)(NS(=O)(=O)c2ccn(C)c2)CC1. The summed E-state index contributed by atoms with van der Waals surface area (Å²) < 4.78 is 29.1. The van der Waals surface area contributed by atoms with E-state index >= 15 is 0 Å². The molecule has 0 spiro atoms. The second kappa shape index (κ2) is 5.26. The summed E-state index contributed by atoms with van der Waals surface area (Å²) in [7, 11) is -1.78. The van der Waals surface area contributed by atoms with Crippen LogP contribution in [0.3, 0.4) is 0 Å². The highest BCUT2D eigenvalue weighted by atomic mass is 32.2. The third-order valence-electron chi connectivity index (χ3n) is 4.00. The number of sulfonamides is 1. The van der Waals surface area contributed by atoms with Gasteiger partial charge in [0.25, 0.3) is 0 Å². The summed E-state index contributed by atoms with van der Waals surface area (Å²) in [4.78, 5) is 0.251. The zero-order chi connectivity index (χ0) is 14.1. The predicted octanol–water partition coefficient (Wildman–Crippen LogP) is 1.24. The Kier molecular flexibility index (Phi) is 4.03. The van der Waals surface area contributed by atoms with Crippen molar-refractivity contribution in [1.82, 2.24) is 9.29 Å². The van der Waals surface area contributed by atoms with Crippen LogP contribution in [0.1, 0.15) is 32.6 Å². The van der Waals surface area contributed by atoms with Gasteiger partial charge in [-0.05, 0) is 37.7 Å². The zero-order valence-corrected chi connectivity index (χ0v) is 12.3. The molecule has 0 aliphatic heterocycles. The van der Waals surface area contributed by atoms with Gasteiger partial charge in [0.05, 0.1) is 17.0 Å². The maximum Gasteiger partial charge on any atom is 0.242 e. The van der Waals surface area contributed by atoms with Crippen molar-refractivity contribution < 1.29 is 13.5 Å². The van der Waals surface area contributed by atoms with E-state index in [-0.39, 0.29) is 11.5 Å². The summed E-state index contributed by atoms with van der Waals surface area (Å²) in [5.41, 5.74) is -0.693. The Morgan fingerprint density at radius 3 is 2.58 bits per heavy atom. The van der Waals surface area contributed by atoms with Crippen LogP contribution in [0.25, 0.3) is 0 Å². The van der Waals surface area contributed by atoms with Gasteiger partial charge in [-0.1, -0.05) is 6.92 Å². The second-order valence-corrected chi connectivity index (χ2v) is 7.42. The molecule has 0 amide bonds. The van der Waals surface area contributed by atoms with Crippen molar-refractivity contribution in [2.24, 2.45) is 13.0 Å². The molecule has 2 rings (SSSR count). The Bertz CT molecular complexity index is 528. The normalized spacial score (nSPS) is 28.5. The minimum Gasteiger partial charge on any atom is -0.394 e. The first-order valence-corrected chi connectivity index (χ1v) is 8.12. The maximum atomic E-state index is 12.3. The van der Waals surface area contributed by atoms with Crippen molar-refractivity contribution in [3.63, 3.8) is 0 Å². The second-order valence-electron chi connectivity index (χ2n) is 5.74. The average Bonchev–Trinajstić information content (AvgIpc) is 2.80. The molecule has 1 heterocycles. The zero-order valence-electron chi connectivity index (χ0n) is 11.5. The van der Waals surface area contributed by atoms with E-state index in [9.17, 15) is 13.5 Å². The Morgan fingerprint density at radius 2 is 2.11 bits per heavy atom. The van der Waals surface area contributed by atoms with Gasteiger partial charge in [0.2, 0.25) is 10.0 Å². The summed E-state index contributed by atoms with van der Waals surface area (Å²) in [5, 5.41) is 9.61. The largest absolute Gasteiger partial charge is 0.394 e. The number of aryl methyl sites for hydroxylation is 1. The molecular formula is C13H22N2O3S. The van der Waals surface area contributed by atoms with Crippen molar-refractivity contribution in [3.05, 3.63) is 18.5 Å². The van der Waals surface area contributed by atoms with Crippen molar-refractivity contribution >= 4 is 10.0 Å². The van der Waals surface area contributed by atoms with E-state index < -0.39 is 15.6 Å². The van der Waals surface area contributed by atoms with Crippen molar-refractivity contribution in [2.45, 2.75) is 43.0 Å². The third kappa shape index (κ3) is 3.19. The molecular weight excluding hydrogens is 264 g/mol. The fourth-order valence-electron chi connectivity index (χ4n) is 2.59. The molecule has 0 unspecified atom stereocenters. The lowest BCUT2D eigenvalue weighted by atomic mass is 9.78. The molecule has 0 atom stereocenters. The Labute approximate surface area is 114 Å². The quantitative estimate of drug-likeness (QED) is 0.875. The topological polar surface area (TPSA) is 71.3 Å². The Morgan fingerprint density at radius 1 is 1.47 bits per heavy atom. The molecule has 0 saturated heterocycles. The number of rotatable bonds is 4. The number of nitrogens with zero attached hydrogens (tertiary/aromatic N) is 1. The number of aliphatic hydroxyl groups excluding tert-OH is 1. The molecule has 0 bridgehead atoms. The lowest BCUT2D eigenvalue weighted by molar-refractivity contribution is 0.125. The molecule has 6 heteroatoms. The fourth-order valence-corrected chi connectivity index (χ4v) is 4.09. The van der Waals surface area contributed by atoms with Crippen LogP contribution in [-0.2, 0) is 17.1 Å². The van der Waals surface area contributed by atoms with Gasteiger partial charge in [-0.25, -0.2) is 13.1 Å². The van der Waals surface area contributed by atoms with Crippen LogP contribution in [0.15, 0.2) is 23.4 Å². The summed E-state index contributed by atoms with van der Waals surface area (Å²) in [6, 6.07) is 1.57. The third-order valence-corrected chi connectivity index (χ3v) is 5.56. The first-order chi connectivity index (χ1) is 8.87. The van der Waals surface area contributed by atoms with Crippen molar-refractivity contribution in [2.75, 3.05) is 6.61 Å². The smallest absolute Gasteiger partial charge is 0.242 e. The molecule has 108 valence electrons. The first-order valence-electron chi connectivity index (χ1n) is 6.64. The Balaban J connectivity index is 2.18. The standard InChI is InChI=1S/C13H22N2O3S/c1-11-3-6-13(10-16,7-4-11)14-19(17,18)12-5-8-15(2)9-12/h5,8-9,11,14,16H,3-4,6-7,10H2,1-2H3. The number of hydrogen-bond acceptors (Lipinski definition) is 3. The summed E-state index contributed by atoms with van der Waals surface area (Å²) in [6.07, 6.45) is 6.53. The van der Waals surface area contributed by atoms with E-state index in [0.717, 1.165) is 12.8 Å². The van der Waals surface area contributed by atoms with Crippen LogP contribution in [-0.4, -0.2) is 30.2 Å². The summed E-state index contributed by atoms with van der Waals surface area (Å²) >= 11 is 0. The van der Waals surface area contributed by atoms with Crippen LogP contribution >= 0.6 is 0 Å². The van der Waals surface area contributed by atoms with Gasteiger partial charge in [-0.2, -0.15) is 0 Å². The lowest BCUT2D eigenvalue weighted by Crippen LogP contribution is -2.53. The molecule has 1 aliphatic carbocycles. The predicted molar refractivity (Wildman–Crippen MR) is 73.2 cm³/mol. The van der Waals surface area contributed by atoms with Crippen molar-refractivity contribution in [1.29, 1.82) is 0 Å². The highest BCUT2D eigenvalue weighted by molar-refractivity contribution is 7.89. The van der Waals surface area contributed by atoms with E-state index in [4.69, 9.17) is 0 Å². The molecule has 0 aromatic carbocycles. The number of aromatic nitrogens is 1. The summed E-state index contributed by atoms with van der Waals surface area (Å²) in [6.45, 7) is 2.01. The van der Waals surface area contributed by atoms with Crippen LogP contribution in [0.5, 0.6) is 0 Å². The van der Waals surface area contributed by atoms with Gasteiger partial charge in [-0.3, -0.25) is 0 Å². The van der Waals surface area contributed by atoms with Gasteiger partial charge < -0.3 is 9.67 Å². The van der Waals surface area contributed by atoms with Crippen LogP contribution in [0, 0.1) is 5.92 Å². The molecule has 0 radical (unpaired) electrons. The maximum absolute atomic E-state index is 12.3. The molecule has 1 aromatic rings. The highest BCUT2D eigenvalue weighted by Gasteiger charge is 2.37. The van der Waals surface area contributed by atoms with E-state index in [2.05, 4.69) is 11.6 Å². The Hall–Kier alpha value is -0.850. The number of hydrogen-bond donors (Lipinski definition) is 2. The van der Waals surface area contributed by atoms with Gasteiger partial charge in [0, 0.05) is 19.4 Å². The van der Waals surface area contributed by atoms with Gasteiger partial charge >= 0.3 is 0 Å². The molecule has 2 N–H and O–H groups in total. The van der Waals surface area contributed by atoms with Crippen LogP contribution < -0.4 is 4.72 Å².